The molecule has 1 saturated heterocycles. The fourth-order valence-electron chi connectivity index (χ4n) is 3.59. The number of benzene rings is 2. The Kier molecular flexibility index (Phi) is 6.23. The van der Waals surface area contributed by atoms with Gasteiger partial charge in [0.05, 0.1) is 30.5 Å². The van der Waals surface area contributed by atoms with Gasteiger partial charge in [0.25, 0.3) is 5.91 Å². The van der Waals surface area contributed by atoms with Gasteiger partial charge in [0.1, 0.15) is 0 Å². The van der Waals surface area contributed by atoms with Crippen LogP contribution in [0.1, 0.15) is 10.4 Å². The van der Waals surface area contributed by atoms with Crippen LogP contribution >= 0.6 is 11.6 Å². The molecule has 3 aromatic rings. The molecule has 1 fully saturated rings. The van der Waals surface area contributed by atoms with Gasteiger partial charge in [-0.1, -0.05) is 23.7 Å². The van der Waals surface area contributed by atoms with Crippen LogP contribution < -0.4 is 14.4 Å². The van der Waals surface area contributed by atoms with E-state index in [1.165, 1.54) is 0 Å². The third-order valence-electron chi connectivity index (χ3n) is 5.32. The van der Waals surface area contributed by atoms with Crippen molar-refractivity contribution >= 4 is 23.3 Å². The van der Waals surface area contributed by atoms with Gasteiger partial charge in [-0.3, -0.25) is 4.79 Å². The van der Waals surface area contributed by atoms with Gasteiger partial charge in [-0.25, -0.2) is 0 Å². The molecule has 0 spiro atoms. The van der Waals surface area contributed by atoms with Crippen LogP contribution in [-0.4, -0.2) is 61.4 Å². The van der Waals surface area contributed by atoms with Crippen LogP contribution in [0.15, 0.2) is 54.6 Å². The highest BCUT2D eigenvalue weighted by Crippen LogP contribution is 2.31. The number of hydrogen-bond donors (Lipinski definition) is 0. The van der Waals surface area contributed by atoms with Crippen molar-refractivity contribution in [3.05, 3.63) is 65.2 Å². The summed E-state index contributed by atoms with van der Waals surface area (Å²) in [6, 6.07) is 16.7. The summed E-state index contributed by atoms with van der Waals surface area (Å²) in [6.45, 7) is 2.56. The molecular formula is C23H23ClN4O3. The smallest absolute Gasteiger partial charge is 0.255 e. The number of hydrogen-bond acceptors (Lipinski definition) is 6. The number of piperazine rings is 1. The number of carbonyl (C=O) groups is 1. The number of carbonyl (C=O) groups excluding carboxylic acids is 1. The molecule has 0 unspecified atom stereocenters. The van der Waals surface area contributed by atoms with Gasteiger partial charge >= 0.3 is 0 Å². The number of halogens is 1. The van der Waals surface area contributed by atoms with E-state index in [2.05, 4.69) is 15.1 Å². The van der Waals surface area contributed by atoms with Crippen molar-refractivity contribution in [2.24, 2.45) is 0 Å². The maximum atomic E-state index is 12.7. The second-order valence-electron chi connectivity index (χ2n) is 7.11. The van der Waals surface area contributed by atoms with Crippen LogP contribution in [0.4, 0.5) is 5.82 Å². The van der Waals surface area contributed by atoms with Gasteiger partial charge in [0.15, 0.2) is 17.3 Å². The highest BCUT2D eigenvalue weighted by Gasteiger charge is 2.24. The fraction of sp³-hybridized carbons (Fsp3) is 0.261. The standard InChI is InChI=1S/C23H23ClN4O3/c1-30-20-9-7-16(15-21(20)31-2)19-8-10-22(26-25-19)27-11-13-28(14-12-27)23(29)17-5-3-4-6-18(17)24/h3-10,15H,11-14H2,1-2H3. The van der Waals surface area contributed by atoms with Crippen molar-refractivity contribution in [2.45, 2.75) is 0 Å². The molecule has 160 valence electrons. The van der Waals surface area contributed by atoms with E-state index in [-0.39, 0.29) is 5.91 Å². The normalized spacial score (nSPS) is 13.8. The molecule has 0 N–H and O–H groups in total. The summed E-state index contributed by atoms with van der Waals surface area (Å²) < 4.78 is 10.6. The summed E-state index contributed by atoms with van der Waals surface area (Å²) in [5, 5.41) is 9.26. The molecule has 0 saturated carbocycles. The third kappa shape index (κ3) is 4.41. The predicted molar refractivity (Wildman–Crippen MR) is 120 cm³/mol. The first-order chi connectivity index (χ1) is 15.1. The molecule has 1 aliphatic rings. The highest BCUT2D eigenvalue weighted by molar-refractivity contribution is 6.33. The molecule has 4 rings (SSSR count). The highest BCUT2D eigenvalue weighted by atomic mass is 35.5. The summed E-state index contributed by atoms with van der Waals surface area (Å²) >= 11 is 6.17. The zero-order valence-corrected chi connectivity index (χ0v) is 18.2. The average Bonchev–Trinajstić information content (AvgIpc) is 2.83. The topological polar surface area (TPSA) is 67.8 Å². The van der Waals surface area contributed by atoms with Crippen LogP contribution in [0.25, 0.3) is 11.3 Å². The molecule has 0 radical (unpaired) electrons. The predicted octanol–water partition coefficient (Wildman–Crippen LogP) is 3.78. The monoisotopic (exact) mass is 438 g/mol. The molecule has 0 atom stereocenters. The van der Waals surface area contributed by atoms with Gasteiger partial charge in [-0.05, 0) is 42.5 Å². The van der Waals surface area contributed by atoms with E-state index < -0.39 is 0 Å². The van der Waals surface area contributed by atoms with Gasteiger partial charge in [-0.2, -0.15) is 0 Å². The van der Waals surface area contributed by atoms with Crippen LogP contribution in [-0.2, 0) is 0 Å². The number of methoxy groups -OCH3 is 2. The first-order valence-electron chi connectivity index (χ1n) is 9.95. The minimum Gasteiger partial charge on any atom is -0.493 e. The zero-order valence-electron chi connectivity index (χ0n) is 17.4. The van der Waals surface area contributed by atoms with Crippen molar-refractivity contribution in [2.75, 3.05) is 45.3 Å². The first kappa shape index (κ1) is 20.9. The van der Waals surface area contributed by atoms with Crippen molar-refractivity contribution < 1.29 is 14.3 Å². The van der Waals surface area contributed by atoms with Crippen LogP contribution in [0.3, 0.4) is 0 Å². The molecule has 31 heavy (non-hydrogen) atoms. The molecule has 0 aliphatic carbocycles. The first-order valence-corrected chi connectivity index (χ1v) is 10.3. The van der Waals surface area contributed by atoms with E-state index in [0.29, 0.717) is 48.3 Å². The van der Waals surface area contributed by atoms with Crippen LogP contribution in [0.5, 0.6) is 11.5 Å². The maximum Gasteiger partial charge on any atom is 0.255 e. The number of amides is 1. The number of nitrogens with zero attached hydrogens (tertiary/aromatic N) is 4. The molecule has 1 aliphatic heterocycles. The van der Waals surface area contributed by atoms with Crippen molar-refractivity contribution in [1.29, 1.82) is 0 Å². The summed E-state index contributed by atoms with van der Waals surface area (Å²) in [7, 11) is 3.21. The molecule has 1 aromatic heterocycles. The van der Waals surface area contributed by atoms with E-state index in [1.807, 2.05) is 47.4 Å². The number of rotatable bonds is 5. The zero-order chi connectivity index (χ0) is 21.8. The molecule has 0 bridgehead atoms. The van der Waals surface area contributed by atoms with E-state index in [1.54, 1.807) is 26.4 Å². The molecule has 2 aromatic carbocycles. The Labute approximate surface area is 186 Å². The Bertz CT molecular complexity index is 1070. The second kappa shape index (κ2) is 9.22. The minimum atomic E-state index is -0.0415. The van der Waals surface area contributed by atoms with E-state index >= 15 is 0 Å². The number of aromatic nitrogens is 2. The second-order valence-corrected chi connectivity index (χ2v) is 7.51. The molecular weight excluding hydrogens is 416 g/mol. The number of anilines is 1. The lowest BCUT2D eigenvalue weighted by atomic mass is 10.1. The Morgan fingerprint density at radius 3 is 2.29 bits per heavy atom. The fourth-order valence-corrected chi connectivity index (χ4v) is 3.80. The lowest BCUT2D eigenvalue weighted by Gasteiger charge is -2.35. The van der Waals surface area contributed by atoms with Crippen molar-refractivity contribution in [1.82, 2.24) is 15.1 Å². The van der Waals surface area contributed by atoms with Crippen molar-refractivity contribution in [3.8, 4) is 22.8 Å². The van der Waals surface area contributed by atoms with Crippen LogP contribution in [0, 0.1) is 0 Å². The van der Waals surface area contributed by atoms with Gasteiger partial charge < -0.3 is 19.3 Å². The maximum absolute atomic E-state index is 12.7. The lowest BCUT2D eigenvalue weighted by molar-refractivity contribution is 0.0746. The summed E-state index contributed by atoms with van der Waals surface area (Å²) in [4.78, 5) is 16.7. The third-order valence-corrected chi connectivity index (χ3v) is 5.65. The largest absolute Gasteiger partial charge is 0.493 e. The van der Waals surface area contributed by atoms with Crippen molar-refractivity contribution in [3.63, 3.8) is 0 Å². The molecule has 8 heteroatoms. The molecule has 2 heterocycles. The van der Waals surface area contributed by atoms with E-state index in [9.17, 15) is 4.79 Å². The van der Waals surface area contributed by atoms with E-state index in [4.69, 9.17) is 21.1 Å². The molecule has 1 amide bonds. The number of ether oxygens (including phenoxy) is 2. The van der Waals surface area contributed by atoms with Gasteiger partial charge in [0.2, 0.25) is 0 Å². The molecule has 7 nitrogen and oxygen atoms in total. The van der Waals surface area contributed by atoms with Gasteiger partial charge in [-0.15, -0.1) is 10.2 Å². The van der Waals surface area contributed by atoms with Gasteiger partial charge in [0, 0.05) is 31.7 Å². The SMILES string of the molecule is COc1ccc(-c2ccc(N3CCN(C(=O)c4ccccc4Cl)CC3)nn2)cc1OC. The average molecular weight is 439 g/mol. The van der Waals surface area contributed by atoms with E-state index in [0.717, 1.165) is 17.1 Å². The summed E-state index contributed by atoms with van der Waals surface area (Å²) in [5.74, 6) is 2.06. The summed E-state index contributed by atoms with van der Waals surface area (Å²) in [6.07, 6.45) is 0. The Hall–Kier alpha value is -3.32. The summed E-state index contributed by atoms with van der Waals surface area (Å²) in [5.41, 5.74) is 2.18. The van der Waals surface area contributed by atoms with Crippen LogP contribution in [0.2, 0.25) is 5.02 Å². The Morgan fingerprint density at radius 1 is 0.903 bits per heavy atom. The Morgan fingerprint density at radius 2 is 1.65 bits per heavy atom. The quantitative estimate of drug-likeness (QED) is 0.604. The minimum absolute atomic E-state index is 0.0415. The Balaban J connectivity index is 1.42. The lowest BCUT2D eigenvalue weighted by Crippen LogP contribution is -2.49.